The van der Waals surface area contributed by atoms with Crippen LogP contribution in [0.1, 0.15) is 12.0 Å². The van der Waals surface area contributed by atoms with E-state index in [0.717, 1.165) is 29.5 Å². The van der Waals surface area contributed by atoms with E-state index in [1.54, 1.807) is 0 Å². The summed E-state index contributed by atoms with van der Waals surface area (Å²) >= 11 is 5.97. The molecule has 1 aromatic carbocycles. The summed E-state index contributed by atoms with van der Waals surface area (Å²) in [6, 6.07) is 2.68. The Kier molecular flexibility index (Phi) is 2.95. The monoisotopic (exact) mass is 341 g/mol. The second kappa shape index (κ2) is 4.60. The van der Waals surface area contributed by atoms with Crippen molar-refractivity contribution in [3.8, 4) is 0 Å². The Labute approximate surface area is 134 Å². The van der Waals surface area contributed by atoms with E-state index >= 15 is 0 Å². The number of carbonyl (C=O) groups is 2. The van der Waals surface area contributed by atoms with E-state index in [9.17, 15) is 22.8 Å². The summed E-state index contributed by atoms with van der Waals surface area (Å²) < 4.78 is 38.7. The number of carbonyl (C=O) groups excluding carboxylic acids is 2. The Morgan fingerprint density at radius 1 is 1.04 bits per heavy atom. The average molecular weight is 342 g/mol. The number of nitrogens with zero attached hydrogens (tertiary/aromatic N) is 1. The first kappa shape index (κ1) is 14.8. The highest BCUT2D eigenvalue weighted by molar-refractivity contribution is 6.36. The average Bonchev–Trinajstić information content (AvgIpc) is 3.13. The predicted octanol–water partition coefficient (Wildman–Crippen LogP) is 3.67. The molecule has 1 saturated carbocycles. The molecule has 1 aliphatic heterocycles. The van der Waals surface area contributed by atoms with Crippen LogP contribution in [0.25, 0.3) is 0 Å². The third-order valence-electron chi connectivity index (χ3n) is 4.98. The predicted molar refractivity (Wildman–Crippen MR) is 76.7 cm³/mol. The van der Waals surface area contributed by atoms with Gasteiger partial charge in [-0.05, 0) is 36.5 Å². The van der Waals surface area contributed by atoms with Crippen LogP contribution in [0.2, 0.25) is 5.02 Å². The normalized spacial score (nSPS) is 32.1. The molecule has 2 aliphatic carbocycles. The van der Waals surface area contributed by atoms with Gasteiger partial charge in [-0.25, -0.2) is 4.90 Å². The summed E-state index contributed by atoms with van der Waals surface area (Å²) in [5.74, 6) is -1.84. The number of allylic oxidation sites excluding steroid dienone is 2. The first-order valence-corrected chi connectivity index (χ1v) is 7.59. The number of rotatable bonds is 1. The van der Waals surface area contributed by atoms with E-state index in [4.69, 9.17) is 11.6 Å². The Morgan fingerprint density at radius 2 is 1.61 bits per heavy atom. The van der Waals surface area contributed by atoms with Gasteiger partial charge in [0.15, 0.2) is 0 Å². The summed E-state index contributed by atoms with van der Waals surface area (Å²) in [6.07, 6.45) is 0.0428. The van der Waals surface area contributed by atoms with Gasteiger partial charge < -0.3 is 0 Å². The van der Waals surface area contributed by atoms with Crippen LogP contribution >= 0.6 is 11.6 Å². The van der Waals surface area contributed by atoms with Crippen LogP contribution in [-0.4, -0.2) is 11.8 Å². The lowest BCUT2D eigenvalue weighted by molar-refractivity contribution is -0.137. The van der Waals surface area contributed by atoms with Crippen LogP contribution in [0.5, 0.6) is 0 Å². The third-order valence-corrected chi connectivity index (χ3v) is 5.30. The van der Waals surface area contributed by atoms with Crippen molar-refractivity contribution in [2.24, 2.45) is 23.7 Å². The first-order chi connectivity index (χ1) is 10.8. The summed E-state index contributed by atoms with van der Waals surface area (Å²) in [6.45, 7) is 0. The maximum absolute atomic E-state index is 12.9. The van der Waals surface area contributed by atoms with Crippen molar-refractivity contribution < 1.29 is 22.8 Å². The molecule has 2 amide bonds. The molecule has 7 heteroatoms. The fraction of sp³-hybridized carbons (Fsp3) is 0.375. The summed E-state index contributed by atoms with van der Waals surface area (Å²) in [5, 5.41) is -0.0417. The lowest BCUT2D eigenvalue weighted by Gasteiger charge is -2.20. The van der Waals surface area contributed by atoms with E-state index in [-0.39, 0.29) is 22.5 Å². The minimum atomic E-state index is -4.57. The molecule has 1 saturated heterocycles. The molecule has 23 heavy (non-hydrogen) atoms. The largest absolute Gasteiger partial charge is 0.416 e. The van der Waals surface area contributed by atoms with Crippen molar-refractivity contribution in [1.82, 2.24) is 0 Å². The van der Waals surface area contributed by atoms with Gasteiger partial charge in [0.05, 0.1) is 28.1 Å². The van der Waals surface area contributed by atoms with E-state index in [1.807, 2.05) is 12.2 Å². The van der Waals surface area contributed by atoms with Crippen LogP contribution < -0.4 is 4.90 Å². The Bertz CT molecular complexity index is 728. The van der Waals surface area contributed by atoms with Crippen LogP contribution in [0, 0.1) is 23.7 Å². The zero-order chi connectivity index (χ0) is 16.5. The molecule has 0 spiro atoms. The Morgan fingerprint density at radius 3 is 2.13 bits per heavy atom. The summed E-state index contributed by atoms with van der Waals surface area (Å²) in [7, 11) is 0. The van der Waals surface area contributed by atoms with Crippen molar-refractivity contribution in [1.29, 1.82) is 0 Å². The zero-order valence-corrected chi connectivity index (χ0v) is 12.4. The molecule has 3 nitrogen and oxygen atoms in total. The zero-order valence-electron chi connectivity index (χ0n) is 11.7. The van der Waals surface area contributed by atoms with Gasteiger partial charge in [-0.3, -0.25) is 9.59 Å². The van der Waals surface area contributed by atoms with Crippen molar-refractivity contribution in [3.63, 3.8) is 0 Å². The van der Waals surface area contributed by atoms with Gasteiger partial charge >= 0.3 is 6.18 Å². The number of hydrogen-bond acceptors (Lipinski definition) is 2. The molecule has 120 valence electrons. The van der Waals surface area contributed by atoms with Gasteiger partial charge in [0.1, 0.15) is 0 Å². The number of alkyl halides is 3. The maximum Gasteiger partial charge on any atom is 0.416 e. The van der Waals surface area contributed by atoms with E-state index < -0.39 is 35.4 Å². The van der Waals surface area contributed by atoms with Crippen molar-refractivity contribution in [2.75, 3.05) is 4.90 Å². The van der Waals surface area contributed by atoms with Gasteiger partial charge in [0.2, 0.25) is 11.8 Å². The maximum atomic E-state index is 12.9. The highest BCUT2D eigenvalue weighted by Crippen LogP contribution is 2.53. The molecule has 0 unspecified atom stereocenters. The van der Waals surface area contributed by atoms with Crippen LogP contribution in [-0.2, 0) is 15.8 Å². The quantitative estimate of drug-likeness (QED) is 0.577. The Balaban J connectivity index is 1.78. The highest BCUT2D eigenvalue weighted by Gasteiger charge is 2.59. The van der Waals surface area contributed by atoms with Gasteiger partial charge in [0, 0.05) is 0 Å². The van der Waals surface area contributed by atoms with Crippen LogP contribution in [0.4, 0.5) is 18.9 Å². The van der Waals surface area contributed by atoms with E-state index in [0.29, 0.717) is 0 Å². The minimum Gasteiger partial charge on any atom is -0.274 e. The molecule has 2 fully saturated rings. The fourth-order valence-electron chi connectivity index (χ4n) is 4.00. The highest BCUT2D eigenvalue weighted by atomic mass is 35.5. The van der Waals surface area contributed by atoms with Crippen molar-refractivity contribution >= 4 is 29.1 Å². The van der Waals surface area contributed by atoms with E-state index in [1.165, 1.54) is 0 Å². The second-order valence-corrected chi connectivity index (χ2v) is 6.58. The lowest BCUT2D eigenvalue weighted by atomic mass is 9.85. The number of hydrogen-bond donors (Lipinski definition) is 0. The number of anilines is 1. The number of benzene rings is 1. The summed E-state index contributed by atoms with van der Waals surface area (Å²) in [4.78, 5) is 26.1. The molecule has 4 atom stereocenters. The molecule has 2 bridgehead atoms. The van der Waals surface area contributed by atoms with Crippen LogP contribution in [0.15, 0.2) is 30.4 Å². The molecular weight excluding hydrogens is 331 g/mol. The van der Waals surface area contributed by atoms with Crippen molar-refractivity contribution in [2.45, 2.75) is 12.6 Å². The molecular formula is C16H11ClF3NO2. The number of halogens is 4. The molecule has 4 rings (SSSR count). The molecule has 0 radical (unpaired) electrons. The van der Waals surface area contributed by atoms with Gasteiger partial charge in [-0.1, -0.05) is 23.8 Å². The van der Waals surface area contributed by atoms with E-state index in [2.05, 4.69) is 0 Å². The summed E-state index contributed by atoms with van der Waals surface area (Å²) in [5.41, 5.74) is -1.11. The number of fused-ring (bicyclic) bond motifs is 5. The number of imide groups is 1. The molecule has 0 N–H and O–H groups in total. The van der Waals surface area contributed by atoms with Gasteiger partial charge in [-0.15, -0.1) is 0 Å². The molecule has 3 aliphatic rings. The smallest absolute Gasteiger partial charge is 0.274 e. The third kappa shape index (κ3) is 1.97. The second-order valence-electron chi connectivity index (χ2n) is 6.18. The number of amides is 2. The lowest BCUT2D eigenvalue weighted by Crippen LogP contribution is -2.33. The fourth-order valence-corrected chi connectivity index (χ4v) is 4.20. The van der Waals surface area contributed by atoms with Gasteiger partial charge in [-0.2, -0.15) is 13.2 Å². The minimum absolute atomic E-state index is 0.00368. The van der Waals surface area contributed by atoms with Crippen LogP contribution in [0.3, 0.4) is 0 Å². The standard InChI is InChI=1S/C16H11ClF3NO2/c17-10-4-3-9(16(18,19)20)6-11(10)21-14(22)12-7-1-2-8(5-7)13(12)15(21)23/h1-4,6-8,12-13H,5H2/t7-,8+,12-,13+. The SMILES string of the molecule is O=C1[C@@H]2[C@H](C(=O)N1c1cc(C(F)(F)F)ccc1Cl)[C@@H]1C=C[C@H]2C1. The molecule has 0 aromatic heterocycles. The topological polar surface area (TPSA) is 37.4 Å². The molecule has 1 aromatic rings. The molecule has 1 heterocycles. The van der Waals surface area contributed by atoms with Crippen molar-refractivity contribution in [3.05, 3.63) is 40.9 Å². The van der Waals surface area contributed by atoms with Gasteiger partial charge in [0.25, 0.3) is 0 Å². The Hall–Kier alpha value is -1.82. The first-order valence-electron chi connectivity index (χ1n) is 7.22.